The minimum Gasteiger partial charge on any atom is -0.370 e. The fraction of sp³-hybridized carbons (Fsp3) is 0.200. The highest BCUT2D eigenvalue weighted by Crippen LogP contribution is 2.22. The van der Waals surface area contributed by atoms with Gasteiger partial charge in [0.2, 0.25) is 5.91 Å². The van der Waals surface area contributed by atoms with Crippen molar-refractivity contribution < 1.29 is 9.59 Å². The molecule has 0 saturated carbocycles. The molecule has 0 atom stereocenters. The molecule has 0 spiro atoms. The van der Waals surface area contributed by atoms with E-state index < -0.39 is 5.91 Å². The number of nitriles is 1. The first-order chi connectivity index (χ1) is 10.4. The van der Waals surface area contributed by atoms with Crippen LogP contribution in [0.15, 0.2) is 24.5 Å². The second kappa shape index (κ2) is 6.41. The molecule has 1 aromatic heterocycles. The highest BCUT2D eigenvalue weighted by Gasteiger charge is 2.17. The molecule has 0 fully saturated rings. The summed E-state index contributed by atoms with van der Waals surface area (Å²) in [7, 11) is 0. The molecule has 0 saturated heterocycles. The van der Waals surface area contributed by atoms with Crippen molar-refractivity contribution in [3.63, 3.8) is 0 Å². The Morgan fingerprint density at radius 3 is 2.73 bits per heavy atom. The van der Waals surface area contributed by atoms with Crippen LogP contribution in [0.1, 0.15) is 35.1 Å². The predicted octanol–water partition coefficient (Wildman–Crippen LogP) is 2.02. The zero-order valence-electron chi connectivity index (χ0n) is 11.8. The van der Waals surface area contributed by atoms with E-state index >= 15 is 0 Å². The van der Waals surface area contributed by atoms with E-state index in [0.717, 1.165) is 0 Å². The second-order valence-electron chi connectivity index (χ2n) is 4.71. The Balaban J connectivity index is 2.47. The number of imidazole rings is 1. The molecule has 0 aliphatic carbocycles. The van der Waals surface area contributed by atoms with Gasteiger partial charge in [-0.05, 0) is 18.2 Å². The van der Waals surface area contributed by atoms with Crippen molar-refractivity contribution in [1.29, 1.82) is 5.26 Å². The summed E-state index contributed by atoms with van der Waals surface area (Å²) in [4.78, 5) is 27.0. The second-order valence-corrected chi connectivity index (χ2v) is 5.12. The van der Waals surface area contributed by atoms with Crippen molar-refractivity contribution in [2.45, 2.75) is 19.8 Å². The van der Waals surface area contributed by atoms with Crippen LogP contribution in [-0.4, -0.2) is 21.2 Å². The Kier molecular flexibility index (Phi) is 4.59. The highest BCUT2D eigenvalue weighted by atomic mass is 35.5. The Bertz CT molecular complexity index is 789. The van der Waals surface area contributed by atoms with Gasteiger partial charge in [-0.25, -0.2) is 4.98 Å². The maximum absolute atomic E-state index is 11.9. The van der Waals surface area contributed by atoms with Gasteiger partial charge >= 0.3 is 0 Å². The number of aryl methyl sites for hydroxylation is 1. The molecule has 112 valence electrons. The third kappa shape index (κ3) is 3.15. The van der Waals surface area contributed by atoms with E-state index in [-0.39, 0.29) is 12.2 Å². The minimum absolute atomic E-state index is 0.116. The molecular weight excluding hydrogens is 304 g/mol. The molecule has 2 N–H and O–H groups in total. The van der Waals surface area contributed by atoms with Crippen LogP contribution in [-0.2, 0) is 11.2 Å². The Morgan fingerprint density at radius 2 is 2.18 bits per heavy atom. The van der Waals surface area contributed by atoms with Crippen LogP contribution < -0.4 is 5.73 Å². The van der Waals surface area contributed by atoms with Gasteiger partial charge in [0.15, 0.2) is 5.78 Å². The number of halogens is 1. The molecule has 0 bridgehead atoms. The number of primary amides is 1. The smallest absolute Gasteiger partial charge is 0.217 e. The maximum atomic E-state index is 11.9. The normalized spacial score (nSPS) is 10.2. The zero-order valence-corrected chi connectivity index (χ0v) is 12.6. The maximum Gasteiger partial charge on any atom is 0.217 e. The summed E-state index contributed by atoms with van der Waals surface area (Å²) in [5, 5.41) is 9.19. The standard InChI is InChI=1S/C15H13ClN4O2/c1-9(21)15-13(4-5-14(18)22)19-8-20(15)11-3-2-10(7-17)12(16)6-11/h2-3,6,8H,4-5H2,1H3,(H2,18,22). The lowest BCUT2D eigenvalue weighted by molar-refractivity contribution is -0.118. The average Bonchev–Trinajstić information content (AvgIpc) is 2.89. The molecule has 0 unspecified atom stereocenters. The first kappa shape index (κ1) is 15.7. The topological polar surface area (TPSA) is 102 Å². The average molecular weight is 317 g/mol. The fourth-order valence-corrected chi connectivity index (χ4v) is 2.34. The van der Waals surface area contributed by atoms with Crippen LogP contribution in [0.5, 0.6) is 0 Å². The first-order valence-electron chi connectivity index (χ1n) is 6.49. The number of benzene rings is 1. The monoisotopic (exact) mass is 316 g/mol. The molecule has 0 radical (unpaired) electrons. The van der Waals surface area contributed by atoms with Crippen molar-refractivity contribution in [3.8, 4) is 11.8 Å². The molecule has 22 heavy (non-hydrogen) atoms. The summed E-state index contributed by atoms with van der Waals surface area (Å²) in [6.07, 6.45) is 1.90. The lowest BCUT2D eigenvalue weighted by Crippen LogP contribution is -2.13. The van der Waals surface area contributed by atoms with Crippen molar-refractivity contribution in [2.24, 2.45) is 5.73 Å². The minimum atomic E-state index is -0.453. The van der Waals surface area contributed by atoms with Crippen LogP contribution in [0.3, 0.4) is 0 Å². The first-order valence-corrected chi connectivity index (χ1v) is 6.87. The molecule has 0 aliphatic rings. The number of carbonyl (C=O) groups excluding carboxylic acids is 2. The van der Waals surface area contributed by atoms with Gasteiger partial charge in [0.05, 0.1) is 16.3 Å². The highest BCUT2D eigenvalue weighted by molar-refractivity contribution is 6.31. The fourth-order valence-electron chi connectivity index (χ4n) is 2.12. The number of hydrogen-bond acceptors (Lipinski definition) is 4. The number of nitrogens with zero attached hydrogens (tertiary/aromatic N) is 3. The van der Waals surface area contributed by atoms with Gasteiger partial charge in [-0.1, -0.05) is 11.6 Å². The van der Waals surface area contributed by atoms with Crippen LogP contribution in [0, 0.1) is 11.3 Å². The van der Waals surface area contributed by atoms with Crippen molar-refractivity contribution >= 4 is 23.3 Å². The number of Topliss-reactive ketones (excluding diaryl/α,β-unsaturated/α-hetero) is 1. The van der Waals surface area contributed by atoms with Crippen molar-refractivity contribution in [3.05, 3.63) is 46.5 Å². The molecule has 1 aromatic carbocycles. The van der Waals surface area contributed by atoms with E-state index in [1.165, 1.54) is 13.3 Å². The number of rotatable bonds is 5. The summed E-state index contributed by atoms with van der Waals surface area (Å²) >= 11 is 6.02. The third-order valence-corrected chi connectivity index (χ3v) is 3.45. The van der Waals surface area contributed by atoms with Gasteiger partial charge in [0.25, 0.3) is 0 Å². The summed E-state index contributed by atoms with van der Waals surface area (Å²) in [6.45, 7) is 1.42. The summed E-state index contributed by atoms with van der Waals surface area (Å²) in [6, 6.07) is 6.81. The van der Waals surface area contributed by atoms with Crippen molar-refractivity contribution in [1.82, 2.24) is 9.55 Å². The lowest BCUT2D eigenvalue weighted by Gasteiger charge is -2.08. The van der Waals surface area contributed by atoms with Crippen molar-refractivity contribution in [2.75, 3.05) is 0 Å². The SMILES string of the molecule is CC(=O)c1c(CCC(N)=O)ncn1-c1ccc(C#N)c(Cl)c1. The Labute approximate surface area is 132 Å². The number of carbonyl (C=O) groups is 2. The Morgan fingerprint density at radius 1 is 1.45 bits per heavy atom. The van der Waals surface area contributed by atoms with Gasteiger partial charge in [-0.2, -0.15) is 5.26 Å². The van der Waals surface area contributed by atoms with E-state index in [2.05, 4.69) is 4.98 Å². The van der Waals surface area contributed by atoms with Gasteiger partial charge in [-0.3, -0.25) is 14.2 Å². The van der Waals surface area contributed by atoms with E-state index in [9.17, 15) is 9.59 Å². The van der Waals surface area contributed by atoms with E-state index in [1.54, 1.807) is 22.8 Å². The number of aromatic nitrogens is 2. The molecule has 6 nitrogen and oxygen atoms in total. The van der Waals surface area contributed by atoms with Gasteiger partial charge in [0, 0.05) is 25.5 Å². The van der Waals surface area contributed by atoms with Crippen LogP contribution in [0.2, 0.25) is 5.02 Å². The van der Waals surface area contributed by atoms with Gasteiger partial charge < -0.3 is 5.73 Å². The summed E-state index contributed by atoms with van der Waals surface area (Å²) in [5.74, 6) is -0.636. The summed E-state index contributed by atoms with van der Waals surface area (Å²) in [5.41, 5.74) is 6.98. The van der Waals surface area contributed by atoms with Crippen LogP contribution >= 0.6 is 11.6 Å². The number of amides is 1. The molecule has 1 amide bonds. The van der Waals surface area contributed by atoms with E-state index in [4.69, 9.17) is 22.6 Å². The van der Waals surface area contributed by atoms with Crippen LogP contribution in [0.4, 0.5) is 0 Å². The quantitative estimate of drug-likeness (QED) is 0.852. The number of hydrogen-bond donors (Lipinski definition) is 1. The Hall–Kier alpha value is -2.65. The predicted molar refractivity (Wildman–Crippen MR) is 80.8 cm³/mol. The molecule has 7 heteroatoms. The van der Waals surface area contributed by atoms with Gasteiger partial charge in [0.1, 0.15) is 18.1 Å². The van der Waals surface area contributed by atoms with Crippen LogP contribution in [0.25, 0.3) is 5.69 Å². The third-order valence-electron chi connectivity index (χ3n) is 3.14. The molecule has 0 aliphatic heterocycles. The molecule has 2 rings (SSSR count). The molecular formula is C15H13ClN4O2. The number of ketones is 1. The molecule has 1 heterocycles. The molecule has 2 aromatic rings. The number of nitrogens with two attached hydrogens (primary N) is 1. The van der Waals surface area contributed by atoms with E-state index in [0.29, 0.717) is 34.1 Å². The lowest BCUT2D eigenvalue weighted by atomic mass is 10.1. The van der Waals surface area contributed by atoms with E-state index in [1.807, 2.05) is 6.07 Å². The summed E-state index contributed by atoms with van der Waals surface area (Å²) < 4.78 is 1.59. The largest absolute Gasteiger partial charge is 0.370 e. The van der Waals surface area contributed by atoms with Gasteiger partial charge in [-0.15, -0.1) is 0 Å². The zero-order chi connectivity index (χ0) is 16.3.